The number of carbonyl (C=O) groups excluding carboxylic acids is 1. The summed E-state index contributed by atoms with van der Waals surface area (Å²) in [6.45, 7) is 6.46. The van der Waals surface area contributed by atoms with Crippen LogP contribution in [-0.2, 0) is 4.79 Å². The molecule has 2 aromatic carbocycles. The second kappa shape index (κ2) is 7.32. The Kier molecular flexibility index (Phi) is 5.45. The molecule has 0 aliphatic rings. The van der Waals surface area contributed by atoms with Crippen LogP contribution in [0.15, 0.2) is 42.5 Å². The van der Waals surface area contributed by atoms with Crippen LogP contribution in [0.5, 0.6) is 0 Å². The molecule has 3 nitrogen and oxygen atoms in total. The molecule has 0 aliphatic heterocycles. The Bertz CT molecular complexity index is 651. The molecule has 0 unspecified atom stereocenters. The second-order valence-corrected chi connectivity index (χ2v) is 6.07. The Morgan fingerprint density at radius 1 is 1.14 bits per heavy atom. The summed E-state index contributed by atoms with van der Waals surface area (Å²) < 4.78 is 0. The van der Waals surface area contributed by atoms with Gasteiger partial charge in [0.1, 0.15) is 0 Å². The third-order valence-electron chi connectivity index (χ3n) is 3.49. The lowest BCUT2D eigenvalue weighted by atomic mass is 10.0. The molecule has 0 fully saturated rings. The molecule has 2 rings (SSSR count). The van der Waals surface area contributed by atoms with Crippen LogP contribution in [0.4, 0.5) is 11.4 Å². The first-order valence-electron chi connectivity index (χ1n) is 7.35. The Balaban J connectivity index is 1.89. The summed E-state index contributed by atoms with van der Waals surface area (Å²) in [4.78, 5) is 12.0. The highest BCUT2D eigenvalue weighted by atomic mass is 35.5. The Hall–Kier alpha value is -2.00. The molecule has 0 saturated heterocycles. The molecule has 2 N–H and O–H groups in total. The van der Waals surface area contributed by atoms with Gasteiger partial charge in [-0.1, -0.05) is 37.6 Å². The fourth-order valence-corrected chi connectivity index (χ4v) is 2.36. The number of anilines is 2. The van der Waals surface area contributed by atoms with Gasteiger partial charge < -0.3 is 10.6 Å². The molecular weight excluding hydrogens is 296 g/mol. The molecule has 4 heteroatoms. The van der Waals surface area contributed by atoms with Crippen LogP contribution >= 0.6 is 11.6 Å². The van der Waals surface area contributed by atoms with Gasteiger partial charge in [0.2, 0.25) is 5.91 Å². The van der Waals surface area contributed by atoms with Crippen LogP contribution in [0.3, 0.4) is 0 Å². The molecule has 0 spiro atoms. The summed E-state index contributed by atoms with van der Waals surface area (Å²) in [6.07, 6.45) is 0. The van der Waals surface area contributed by atoms with Crippen molar-refractivity contribution in [3.8, 4) is 0 Å². The maximum absolute atomic E-state index is 12.0. The SMILES string of the molecule is Cc1cc(Cl)ccc1NC(=O)CNc1ccc(C(C)C)cc1. The van der Waals surface area contributed by atoms with Crippen molar-refractivity contribution in [3.05, 3.63) is 58.6 Å². The van der Waals surface area contributed by atoms with E-state index >= 15 is 0 Å². The second-order valence-electron chi connectivity index (χ2n) is 5.64. The average Bonchev–Trinajstić information content (AvgIpc) is 2.48. The topological polar surface area (TPSA) is 41.1 Å². The highest BCUT2D eigenvalue weighted by Crippen LogP contribution is 2.20. The van der Waals surface area contributed by atoms with Crippen molar-refractivity contribution in [2.75, 3.05) is 17.2 Å². The molecule has 0 radical (unpaired) electrons. The van der Waals surface area contributed by atoms with Crippen molar-refractivity contribution in [2.45, 2.75) is 26.7 Å². The summed E-state index contributed by atoms with van der Waals surface area (Å²) >= 11 is 5.90. The number of hydrogen-bond acceptors (Lipinski definition) is 2. The summed E-state index contributed by atoms with van der Waals surface area (Å²) in [5, 5.41) is 6.67. The fraction of sp³-hybridized carbons (Fsp3) is 0.278. The minimum Gasteiger partial charge on any atom is -0.376 e. The molecule has 0 heterocycles. The van der Waals surface area contributed by atoms with E-state index in [0.717, 1.165) is 16.9 Å². The lowest BCUT2D eigenvalue weighted by Crippen LogP contribution is -2.22. The molecule has 0 aliphatic carbocycles. The third kappa shape index (κ3) is 4.50. The van der Waals surface area contributed by atoms with Crippen molar-refractivity contribution >= 4 is 28.9 Å². The fourth-order valence-electron chi connectivity index (χ4n) is 2.13. The van der Waals surface area contributed by atoms with Crippen molar-refractivity contribution in [2.24, 2.45) is 0 Å². The van der Waals surface area contributed by atoms with Crippen LogP contribution in [-0.4, -0.2) is 12.5 Å². The van der Waals surface area contributed by atoms with E-state index in [0.29, 0.717) is 10.9 Å². The van der Waals surface area contributed by atoms with Gasteiger partial charge in [-0.25, -0.2) is 0 Å². The highest BCUT2D eigenvalue weighted by molar-refractivity contribution is 6.30. The molecule has 0 aromatic heterocycles. The first-order valence-corrected chi connectivity index (χ1v) is 7.73. The quantitative estimate of drug-likeness (QED) is 0.830. The largest absolute Gasteiger partial charge is 0.376 e. The normalized spacial score (nSPS) is 10.6. The van der Waals surface area contributed by atoms with Gasteiger partial charge in [-0.15, -0.1) is 0 Å². The zero-order valence-corrected chi connectivity index (χ0v) is 13.9. The Morgan fingerprint density at radius 2 is 1.82 bits per heavy atom. The Morgan fingerprint density at radius 3 is 2.41 bits per heavy atom. The van der Waals surface area contributed by atoms with Crippen molar-refractivity contribution in [1.29, 1.82) is 0 Å². The summed E-state index contributed by atoms with van der Waals surface area (Å²) in [6, 6.07) is 13.6. The van der Waals surface area contributed by atoms with E-state index in [2.05, 4.69) is 36.6 Å². The molecule has 2 aromatic rings. The monoisotopic (exact) mass is 316 g/mol. The number of benzene rings is 2. The van der Waals surface area contributed by atoms with Gasteiger partial charge in [-0.3, -0.25) is 4.79 Å². The summed E-state index contributed by atoms with van der Waals surface area (Å²) in [7, 11) is 0. The standard InChI is InChI=1S/C18H21ClN2O/c1-12(2)14-4-7-16(8-5-14)20-11-18(22)21-17-9-6-15(19)10-13(17)3/h4-10,12,20H,11H2,1-3H3,(H,21,22). The number of hydrogen-bond donors (Lipinski definition) is 2. The third-order valence-corrected chi connectivity index (χ3v) is 3.73. The molecular formula is C18H21ClN2O. The number of nitrogens with one attached hydrogen (secondary N) is 2. The first kappa shape index (κ1) is 16.4. The molecule has 116 valence electrons. The molecule has 0 bridgehead atoms. The van der Waals surface area contributed by atoms with Crippen LogP contribution in [0.1, 0.15) is 30.9 Å². The van der Waals surface area contributed by atoms with E-state index in [1.807, 2.05) is 31.2 Å². The highest BCUT2D eigenvalue weighted by Gasteiger charge is 2.05. The zero-order chi connectivity index (χ0) is 16.1. The minimum absolute atomic E-state index is 0.0849. The number of carbonyl (C=O) groups is 1. The van der Waals surface area contributed by atoms with Gasteiger partial charge in [0.05, 0.1) is 6.54 Å². The van der Waals surface area contributed by atoms with Gasteiger partial charge in [0.25, 0.3) is 0 Å². The predicted octanol–water partition coefficient (Wildman–Crippen LogP) is 4.82. The zero-order valence-electron chi connectivity index (χ0n) is 13.1. The van der Waals surface area contributed by atoms with Crippen LogP contribution in [0, 0.1) is 6.92 Å². The number of halogens is 1. The average molecular weight is 317 g/mol. The minimum atomic E-state index is -0.0849. The smallest absolute Gasteiger partial charge is 0.243 e. The number of amides is 1. The summed E-state index contributed by atoms with van der Waals surface area (Å²) in [5.74, 6) is 0.420. The van der Waals surface area contributed by atoms with Crippen molar-refractivity contribution < 1.29 is 4.79 Å². The van der Waals surface area contributed by atoms with E-state index in [-0.39, 0.29) is 12.5 Å². The lowest BCUT2D eigenvalue weighted by molar-refractivity contribution is -0.114. The van der Waals surface area contributed by atoms with Crippen molar-refractivity contribution in [3.63, 3.8) is 0 Å². The van der Waals surface area contributed by atoms with Crippen LogP contribution in [0.2, 0.25) is 5.02 Å². The maximum atomic E-state index is 12.0. The van der Waals surface area contributed by atoms with Crippen LogP contribution < -0.4 is 10.6 Å². The number of aryl methyl sites for hydroxylation is 1. The van der Waals surface area contributed by atoms with Gasteiger partial charge in [0.15, 0.2) is 0 Å². The Labute approximate surface area is 136 Å². The van der Waals surface area contributed by atoms with E-state index in [1.165, 1.54) is 5.56 Å². The number of rotatable bonds is 5. The van der Waals surface area contributed by atoms with E-state index in [4.69, 9.17) is 11.6 Å². The van der Waals surface area contributed by atoms with Gasteiger partial charge >= 0.3 is 0 Å². The molecule has 0 atom stereocenters. The maximum Gasteiger partial charge on any atom is 0.243 e. The van der Waals surface area contributed by atoms with Crippen LogP contribution in [0.25, 0.3) is 0 Å². The molecule has 1 amide bonds. The van der Waals surface area contributed by atoms with E-state index in [9.17, 15) is 4.79 Å². The molecule has 0 saturated carbocycles. The first-order chi connectivity index (χ1) is 10.5. The van der Waals surface area contributed by atoms with E-state index in [1.54, 1.807) is 6.07 Å². The predicted molar refractivity (Wildman–Crippen MR) is 93.8 cm³/mol. The van der Waals surface area contributed by atoms with Gasteiger partial charge in [-0.05, 0) is 54.3 Å². The lowest BCUT2D eigenvalue weighted by Gasteiger charge is -2.11. The molecule has 22 heavy (non-hydrogen) atoms. The summed E-state index contributed by atoms with van der Waals surface area (Å²) in [5.41, 5.74) is 3.95. The van der Waals surface area contributed by atoms with Gasteiger partial charge in [-0.2, -0.15) is 0 Å². The van der Waals surface area contributed by atoms with Gasteiger partial charge in [0, 0.05) is 16.4 Å². The van der Waals surface area contributed by atoms with E-state index < -0.39 is 0 Å². The van der Waals surface area contributed by atoms with Crippen molar-refractivity contribution in [1.82, 2.24) is 0 Å².